The van der Waals surface area contributed by atoms with Gasteiger partial charge in [0.05, 0.1) is 77.2 Å². The molecule has 508 valence electrons. The molecule has 0 radical (unpaired) electrons. The first-order valence-electron chi connectivity index (χ1n) is 37.5. The normalized spacial score (nSPS) is 12.4. The maximum Gasteiger partial charge on any atom is 0.237 e. The highest BCUT2D eigenvalue weighted by atomic mass is 15.2. The van der Waals surface area contributed by atoms with Crippen LogP contribution in [0.4, 0.5) is 0 Å². The molecule has 0 unspecified atom stereocenters. The summed E-state index contributed by atoms with van der Waals surface area (Å²) in [5.74, 6) is 2.81. The van der Waals surface area contributed by atoms with Crippen LogP contribution in [0.15, 0.2) is 352 Å². The number of para-hydroxylation sites is 8. The lowest BCUT2D eigenvalue weighted by molar-refractivity contribution is 0.971. The Balaban J connectivity index is 0.673. The third-order valence-electron chi connectivity index (χ3n) is 23.6. The van der Waals surface area contributed by atoms with Crippen molar-refractivity contribution in [2.45, 2.75) is 0 Å². The number of rotatable bonds is 7. The minimum Gasteiger partial charge on any atom is -0.309 e. The summed E-state index contributed by atoms with van der Waals surface area (Å²) in [4.78, 5) is 22.8. The van der Waals surface area contributed by atoms with Crippen molar-refractivity contribution in [3.8, 4) is 46.0 Å². The first-order chi connectivity index (χ1) is 54.6. The molecule has 110 heavy (non-hydrogen) atoms. The Morgan fingerprint density at radius 2 is 0.473 bits per heavy atom. The monoisotopic (exact) mass is 1400 g/mol. The Labute approximate surface area is 626 Å². The van der Waals surface area contributed by atoms with Crippen molar-refractivity contribution in [3.63, 3.8) is 0 Å². The van der Waals surface area contributed by atoms with Crippen LogP contribution < -0.4 is 0 Å². The number of benzene rings is 17. The molecule has 25 aromatic rings. The molecule has 25 rings (SSSR count). The average molecular weight is 1400 g/mol. The second kappa shape index (κ2) is 22.3. The minimum absolute atomic E-state index is 0.591. The largest absolute Gasteiger partial charge is 0.309 e. The Bertz CT molecular complexity index is 8280. The molecule has 10 heteroatoms. The average Bonchev–Trinajstić information content (AvgIpc) is 1.56. The molecule has 0 N–H and O–H groups in total. The van der Waals surface area contributed by atoms with E-state index in [2.05, 4.69) is 379 Å². The molecular weight excluding hydrogens is 1340 g/mol. The third-order valence-corrected chi connectivity index (χ3v) is 23.6. The summed E-state index contributed by atoms with van der Waals surface area (Å²) in [5, 5.41) is 23.0. The zero-order valence-corrected chi connectivity index (χ0v) is 59.0. The number of aromatic nitrogens is 10. The lowest BCUT2D eigenvalue weighted by atomic mass is 9.97. The van der Waals surface area contributed by atoms with Crippen molar-refractivity contribution >= 4 is 185 Å². The second-order valence-corrected chi connectivity index (χ2v) is 29.2. The van der Waals surface area contributed by atoms with E-state index < -0.39 is 0 Å². The lowest BCUT2D eigenvalue weighted by Crippen LogP contribution is -2.07. The summed E-state index contributed by atoms with van der Waals surface area (Å²) in [5.41, 5.74) is 19.0. The molecule has 8 heterocycles. The van der Waals surface area contributed by atoms with Gasteiger partial charge in [0.25, 0.3) is 0 Å². The van der Waals surface area contributed by atoms with Gasteiger partial charge in [-0.15, -0.1) is 0 Å². The summed E-state index contributed by atoms with van der Waals surface area (Å²) in [7, 11) is 0. The summed E-state index contributed by atoms with van der Waals surface area (Å²) in [6, 6.07) is 128. The molecule has 0 aliphatic rings. The van der Waals surface area contributed by atoms with Crippen LogP contribution in [0.5, 0.6) is 0 Å². The molecule has 10 nitrogen and oxygen atoms in total. The van der Waals surface area contributed by atoms with E-state index in [-0.39, 0.29) is 0 Å². The Morgan fingerprint density at radius 1 is 0.164 bits per heavy atom. The van der Waals surface area contributed by atoms with Gasteiger partial charge in [0, 0.05) is 86.8 Å². The highest BCUT2D eigenvalue weighted by Crippen LogP contribution is 2.46. The van der Waals surface area contributed by atoms with E-state index in [4.69, 9.17) is 19.9 Å². The smallest absolute Gasteiger partial charge is 0.237 e. The third kappa shape index (κ3) is 8.19. The van der Waals surface area contributed by atoms with Gasteiger partial charge in [-0.3, -0.25) is 18.3 Å². The van der Waals surface area contributed by atoms with Crippen molar-refractivity contribution in [3.05, 3.63) is 352 Å². The van der Waals surface area contributed by atoms with Crippen LogP contribution in [0.25, 0.3) is 231 Å². The fourth-order valence-corrected chi connectivity index (χ4v) is 18.9. The molecular formula is C100H58N10. The molecule has 0 spiro atoms. The van der Waals surface area contributed by atoms with Crippen molar-refractivity contribution in [1.82, 2.24) is 47.3 Å². The lowest BCUT2D eigenvalue weighted by Gasteiger charge is -2.15. The second-order valence-electron chi connectivity index (χ2n) is 29.2. The van der Waals surface area contributed by atoms with Crippen molar-refractivity contribution in [2.75, 3.05) is 0 Å². The number of hydrogen-bond acceptors (Lipinski definition) is 4. The summed E-state index contributed by atoms with van der Waals surface area (Å²) in [6.45, 7) is 0. The molecule has 0 amide bonds. The molecule has 0 aliphatic carbocycles. The molecule has 0 fully saturated rings. The zero-order chi connectivity index (χ0) is 71.6. The zero-order valence-electron chi connectivity index (χ0n) is 59.0. The van der Waals surface area contributed by atoms with E-state index in [0.29, 0.717) is 11.9 Å². The highest BCUT2D eigenvalue weighted by Gasteiger charge is 2.27. The van der Waals surface area contributed by atoms with Gasteiger partial charge in [-0.05, 0) is 165 Å². The molecule has 8 aromatic heterocycles. The number of nitrogens with zero attached hydrogens (tertiary/aromatic N) is 10. The quantitative estimate of drug-likeness (QED) is 0.159. The summed E-state index contributed by atoms with van der Waals surface area (Å²) >= 11 is 0. The Kier molecular flexibility index (Phi) is 12.0. The predicted molar refractivity (Wildman–Crippen MR) is 457 cm³/mol. The van der Waals surface area contributed by atoms with E-state index in [9.17, 15) is 0 Å². The standard InChI is InChI=1S/C100H58N10/c1-3-23-66-59(21-1)42-52-89-94(66)76-32-12-20-40-87(76)106(89)65-47-50-77-93(58-65)109(90-53-43-60-22-2-4-24-67(60)95(77)90)100-102-81-34-14-6-31-75(81)98(104-100)108-86-39-19-11-29-73(86)79-56-62(44-51-88(79)108)61-41-48-68-63(55-61)45-54-91-96(68)78-49-46-64(105-82-35-15-7-25-69(82)70-26-8-16-36-83(70)105)57-92(78)110(91)99-101-80-33-13-5-30-74(80)97(103-99)107-84-37-17-9-27-71(84)72-28-10-18-38-85(72)107/h1-58H. The summed E-state index contributed by atoms with van der Waals surface area (Å²) in [6.07, 6.45) is 0. The van der Waals surface area contributed by atoms with E-state index in [1.807, 2.05) is 0 Å². The van der Waals surface area contributed by atoms with Crippen molar-refractivity contribution in [1.29, 1.82) is 0 Å². The van der Waals surface area contributed by atoms with Gasteiger partial charge in [0.2, 0.25) is 11.9 Å². The van der Waals surface area contributed by atoms with E-state index in [1.165, 1.54) is 53.9 Å². The van der Waals surface area contributed by atoms with E-state index in [0.717, 1.165) is 165 Å². The van der Waals surface area contributed by atoms with Crippen LogP contribution in [-0.4, -0.2) is 47.3 Å². The predicted octanol–water partition coefficient (Wildman–Crippen LogP) is 25.3. The van der Waals surface area contributed by atoms with Crippen molar-refractivity contribution in [2.24, 2.45) is 0 Å². The number of hydrogen-bond donors (Lipinski definition) is 0. The maximum atomic E-state index is 5.86. The van der Waals surface area contributed by atoms with Crippen LogP contribution in [0.3, 0.4) is 0 Å². The first kappa shape index (κ1) is 59.3. The topological polar surface area (TPSA) is 81.1 Å². The maximum absolute atomic E-state index is 5.86. The number of fused-ring (bicyclic) bond motifs is 26. The van der Waals surface area contributed by atoms with Crippen LogP contribution in [-0.2, 0) is 0 Å². The molecule has 0 bridgehead atoms. The molecule has 0 aliphatic heterocycles. The van der Waals surface area contributed by atoms with Crippen LogP contribution in [0.1, 0.15) is 0 Å². The van der Waals surface area contributed by atoms with E-state index in [1.54, 1.807) is 0 Å². The highest BCUT2D eigenvalue weighted by molar-refractivity contribution is 6.25. The Hall–Kier alpha value is -15.0. The van der Waals surface area contributed by atoms with Gasteiger partial charge in [0.15, 0.2) is 11.6 Å². The van der Waals surface area contributed by atoms with Gasteiger partial charge in [-0.25, -0.2) is 9.97 Å². The van der Waals surface area contributed by atoms with Gasteiger partial charge in [0.1, 0.15) is 0 Å². The molecule has 0 saturated heterocycles. The van der Waals surface area contributed by atoms with Gasteiger partial charge < -0.3 is 9.13 Å². The van der Waals surface area contributed by atoms with Crippen LogP contribution in [0, 0.1) is 0 Å². The first-order valence-corrected chi connectivity index (χ1v) is 37.5. The molecule has 17 aromatic carbocycles. The molecule has 0 saturated carbocycles. The minimum atomic E-state index is 0.591. The van der Waals surface area contributed by atoms with Gasteiger partial charge >= 0.3 is 0 Å². The Morgan fingerprint density at radius 3 is 0.955 bits per heavy atom. The fourth-order valence-electron chi connectivity index (χ4n) is 18.9. The van der Waals surface area contributed by atoms with Gasteiger partial charge in [-0.1, -0.05) is 231 Å². The SMILES string of the molecule is c1ccc2c(c1)ccc1c2c2ccccc2n1-c1ccc2c3c4ccccc4ccc3n(-c3nc(-n4c5ccccc5c5cc(-c6ccc7c(ccc8c7c7ccc(-n9c%10ccccc%10c%10ccccc%109)cc7n8-c7nc(-n8c9ccccc9c9ccccc98)c8ccccc8n7)c6)ccc54)c4ccccc4n3)c2c1. The van der Waals surface area contributed by atoms with Crippen LogP contribution >= 0.6 is 0 Å². The fraction of sp³-hybridized carbons (Fsp3) is 0. The van der Waals surface area contributed by atoms with Crippen LogP contribution in [0.2, 0.25) is 0 Å². The van der Waals surface area contributed by atoms with Crippen molar-refractivity contribution < 1.29 is 0 Å². The molecule has 0 atom stereocenters. The van der Waals surface area contributed by atoms with E-state index >= 15 is 0 Å². The van der Waals surface area contributed by atoms with Gasteiger partial charge in [-0.2, -0.15) is 9.97 Å². The summed E-state index contributed by atoms with van der Waals surface area (Å²) < 4.78 is 14.1.